The third-order valence-corrected chi connectivity index (χ3v) is 7.53. The SMILES string of the molecule is CC(C)CC(=O)N[C@@H](CNC(=O)c1ccc(N2CCN(C3CCN(C(=O)OC(C)(C)C)CC3)CC2)cc1)C(=O)OC(C)(C)C. The molecule has 0 bridgehead atoms. The van der Waals surface area contributed by atoms with Crippen molar-refractivity contribution in [1.82, 2.24) is 20.4 Å². The highest BCUT2D eigenvalue weighted by Gasteiger charge is 2.31. The lowest BCUT2D eigenvalue weighted by Crippen LogP contribution is -2.54. The summed E-state index contributed by atoms with van der Waals surface area (Å²) in [7, 11) is 0. The second-order valence-corrected chi connectivity index (χ2v) is 14.2. The average molecular weight is 616 g/mol. The molecule has 2 heterocycles. The number of carbonyl (C=O) groups excluding carboxylic acids is 4. The molecule has 1 atom stereocenters. The van der Waals surface area contributed by atoms with Gasteiger partial charge in [0.1, 0.15) is 17.2 Å². The molecule has 2 N–H and O–H groups in total. The van der Waals surface area contributed by atoms with Crippen molar-refractivity contribution < 1.29 is 28.7 Å². The maximum absolute atomic E-state index is 12.9. The Morgan fingerprint density at radius 3 is 1.93 bits per heavy atom. The fourth-order valence-corrected chi connectivity index (χ4v) is 5.40. The molecule has 44 heavy (non-hydrogen) atoms. The number of piperazine rings is 1. The minimum absolute atomic E-state index is 0.0714. The summed E-state index contributed by atoms with van der Waals surface area (Å²) in [5.41, 5.74) is 0.320. The van der Waals surface area contributed by atoms with E-state index in [4.69, 9.17) is 9.47 Å². The summed E-state index contributed by atoms with van der Waals surface area (Å²) in [6.07, 6.45) is 1.93. The van der Waals surface area contributed by atoms with Crippen LogP contribution in [0.25, 0.3) is 0 Å². The van der Waals surface area contributed by atoms with Crippen LogP contribution in [0, 0.1) is 5.92 Å². The number of hydrogen-bond acceptors (Lipinski definition) is 8. The van der Waals surface area contributed by atoms with Crippen LogP contribution >= 0.6 is 0 Å². The Labute approximate surface area is 263 Å². The van der Waals surface area contributed by atoms with Crippen molar-refractivity contribution >= 4 is 29.6 Å². The third kappa shape index (κ3) is 11.3. The molecule has 3 rings (SSSR count). The van der Waals surface area contributed by atoms with Gasteiger partial charge in [-0.05, 0) is 84.6 Å². The molecule has 11 nitrogen and oxygen atoms in total. The quantitative estimate of drug-likeness (QED) is 0.403. The highest BCUT2D eigenvalue weighted by atomic mass is 16.6. The van der Waals surface area contributed by atoms with Crippen molar-refractivity contribution in [2.45, 2.75) is 97.9 Å². The van der Waals surface area contributed by atoms with Crippen molar-refractivity contribution in [1.29, 1.82) is 0 Å². The van der Waals surface area contributed by atoms with E-state index in [-0.39, 0.29) is 36.8 Å². The number of likely N-dealkylation sites (tertiary alicyclic amines) is 1. The van der Waals surface area contributed by atoms with E-state index >= 15 is 0 Å². The van der Waals surface area contributed by atoms with E-state index in [9.17, 15) is 19.2 Å². The van der Waals surface area contributed by atoms with Gasteiger partial charge in [-0.1, -0.05) is 13.8 Å². The molecule has 11 heteroatoms. The van der Waals surface area contributed by atoms with Crippen LogP contribution in [0.1, 0.15) is 85.0 Å². The van der Waals surface area contributed by atoms with Gasteiger partial charge in [-0.15, -0.1) is 0 Å². The number of carbonyl (C=O) groups is 4. The molecule has 0 saturated carbocycles. The molecular weight excluding hydrogens is 562 g/mol. The molecule has 2 aliphatic heterocycles. The fourth-order valence-electron chi connectivity index (χ4n) is 5.40. The van der Waals surface area contributed by atoms with Crippen LogP contribution in [-0.4, -0.2) is 103 Å². The zero-order chi connectivity index (χ0) is 32.7. The molecule has 2 saturated heterocycles. The molecule has 246 valence electrons. The van der Waals surface area contributed by atoms with Gasteiger partial charge in [0.25, 0.3) is 5.91 Å². The summed E-state index contributed by atoms with van der Waals surface area (Å²) in [6, 6.07) is 6.93. The largest absolute Gasteiger partial charge is 0.458 e. The number of piperidine rings is 1. The van der Waals surface area contributed by atoms with Gasteiger partial charge in [0, 0.05) is 69.5 Å². The smallest absolute Gasteiger partial charge is 0.410 e. The van der Waals surface area contributed by atoms with Crippen molar-refractivity contribution in [3.8, 4) is 0 Å². The number of benzene rings is 1. The number of hydrogen-bond donors (Lipinski definition) is 2. The van der Waals surface area contributed by atoms with Crippen LogP contribution in [0.2, 0.25) is 0 Å². The Bertz CT molecular complexity index is 1120. The molecule has 0 radical (unpaired) electrons. The first-order valence-corrected chi connectivity index (χ1v) is 15.9. The van der Waals surface area contributed by atoms with E-state index in [0.717, 1.165) is 44.7 Å². The van der Waals surface area contributed by atoms with Gasteiger partial charge in [0.05, 0.1) is 0 Å². The standard InChI is InChI=1S/C33H53N5O6/c1-23(2)21-28(39)35-27(30(41)43-32(3,4)5)22-34-29(40)24-9-11-25(12-10-24)36-17-19-37(20-18-36)26-13-15-38(16-14-26)31(42)44-33(6,7)8/h9-12,23,26-27H,13-22H2,1-8H3,(H,34,40)(H,35,39)/t27-/m0/s1. The number of rotatable bonds is 9. The molecule has 0 spiro atoms. The molecule has 3 amide bonds. The lowest BCUT2D eigenvalue weighted by molar-refractivity contribution is -0.158. The van der Waals surface area contributed by atoms with Crippen LogP contribution < -0.4 is 15.5 Å². The second kappa shape index (κ2) is 15.1. The van der Waals surface area contributed by atoms with Gasteiger partial charge in [0.2, 0.25) is 5.91 Å². The van der Waals surface area contributed by atoms with Gasteiger partial charge in [-0.3, -0.25) is 14.5 Å². The zero-order valence-corrected chi connectivity index (χ0v) is 27.9. The van der Waals surface area contributed by atoms with Crippen molar-refractivity contribution in [3.63, 3.8) is 0 Å². The number of esters is 1. The predicted molar refractivity (Wildman–Crippen MR) is 171 cm³/mol. The van der Waals surface area contributed by atoms with Crippen LogP contribution in [-0.2, 0) is 19.1 Å². The topological polar surface area (TPSA) is 121 Å². The average Bonchev–Trinajstić information content (AvgIpc) is 2.93. The van der Waals surface area contributed by atoms with Crippen LogP contribution in [0.15, 0.2) is 24.3 Å². The Hall–Kier alpha value is -3.34. The van der Waals surface area contributed by atoms with E-state index in [1.54, 1.807) is 32.9 Å². The van der Waals surface area contributed by atoms with Crippen molar-refractivity contribution in [3.05, 3.63) is 29.8 Å². The maximum Gasteiger partial charge on any atom is 0.410 e. The normalized spacial score (nSPS) is 17.7. The molecule has 1 aromatic rings. The lowest BCUT2D eigenvalue weighted by Gasteiger charge is -2.43. The summed E-state index contributed by atoms with van der Waals surface area (Å²) in [4.78, 5) is 57.1. The molecule has 0 aromatic heterocycles. The Morgan fingerprint density at radius 1 is 0.841 bits per heavy atom. The molecule has 2 fully saturated rings. The minimum atomic E-state index is -0.982. The third-order valence-electron chi connectivity index (χ3n) is 7.53. The molecule has 0 unspecified atom stereocenters. The van der Waals surface area contributed by atoms with E-state index < -0.39 is 23.2 Å². The number of ether oxygens (including phenoxy) is 2. The van der Waals surface area contributed by atoms with Gasteiger partial charge in [0.15, 0.2) is 0 Å². The molecule has 1 aromatic carbocycles. The molecule has 2 aliphatic rings. The lowest BCUT2D eigenvalue weighted by atomic mass is 10.0. The van der Waals surface area contributed by atoms with Gasteiger partial charge in [-0.2, -0.15) is 0 Å². The Morgan fingerprint density at radius 2 is 1.41 bits per heavy atom. The first-order valence-electron chi connectivity index (χ1n) is 15.9. The van der Waals surface area contributed by atoms with Crippen LogP contribution in [0.5, 0.6) is 0 Å². The molecule has 0 aliphatic carbocycles. The highest BCUT2D eigenvalue weighted by Crippen LogP contribution is 2.23. The minimum Gasteiger partial charge on any atom is -0.458 e. The highest BCUT2D eigenvalue weighted by molar-refractivity contribution is 5.95. The maximum atomic E-state index is 12.9. The summed E-state index contributed by atoms with van der Waals surface area (Å²) >= 11 is 0. The molecular formula is C33H53N5O6. The zero-order valence-electron chi connectivity index (χ0n) is 27.9. The van der Waals surface area contributed by atoms with Crippen LogP contribution in [0.4, 0.5) is 10.5 Å². The van der Waals surface area contributed by atoms with E-state index in [2.05, 4.69) is 20.4 Å². The van der Waals surface area contributed by atoms with Gasteiger partial charge in [-0.25, -0.2) is 9.59 Å². The number of nitrogens with one attached hydrogen (secondary N) is 2. The monoisotopic (exact) mass is 615 g/mol. The number of nitrogens with zero attached hydrogens (tertiary/aromatic N) is 3. The van der Waals surface area contributed by atoms with Gasteiger partial charge >= 0.3 is 12.1 Å². The van der Waals surface area contributed by atoms with E-state index in [0.29, 0.717) is 24.7 Å². The first-order chi connectivity index (χ1) is 20.5. The van der Waals surface area contributed by atoms with E-state index in [1.807, 2.05) is 51.7 Å². The first kappa shape index (κ1) is 35.1. The predicted octanol–water partition coefficient (Wildman–Crippen LogP) is 3.81. The van der Waals surface area contributed by atoms with Gasteiger partial charge < -0.3 is 29.9 Å². The van der Waals surface area contributed by atoms with Crippen LogP contribution in [0.3, 0.4) is 0 Å². The summed E-state index contributed by atoms with van der Waals surface area (Å²) < 4.78 is 11.0. The number of amides is 3. The van der Waals surface area contributed by atoms with E-state index in [1.165, 1.54) is 0 Å². The second-order valence-electron chi connectivity index (χ2n) is 14.2. The summed E-state index contributed by atoms with van der Waals surface area (Å²) in [5, 5.41) is 5.49. The number of anilines is 1. The Balaban J connectivity index is 1.48. The Kier molecular flexibility index (Phi) is 12.1. The summed E-state index contributed by atoms with van der Waals surface area (Å²) in [6.45, 7) is 19.8. The van der Waals surface area contributed by atoms with Crippen molar-refractivity contribution in [2.24, 2.45) is 5.92 Å². The fraction of sp³-hybridized carbons (Fsp3) is 0.697. The summed E-state index contributed by atoms with van der Waals surface area (Å²) in [5.74, 6) is -1.04. The van der Waals surface area contributed by atoms with Crippen molar-refractivity contribution in [2.75, 3.05) is 50.7 Å².